The van der Waals surface area contributed by atoms with Gasteiger partial charge in [-0.2, -0.15) is 0 Å². The van der Waals surface area contributed by atoms with E-state index >= 15 is 0 Å². The minimum atomic E-state index is -0.999. The van der Waals surface area contributed by atoms with E-state index in [1.165, 1.54) is 0 Å². The highest BCUT2D eigenvalue weighted by Gasteiger charge is 2.20. The summed E-state index contributed by atoms with van der Waals surface area (Å²) in [6.07, 6.45) is 0.730. The number of aromatic carboxylic acids is 1. The lowest BCUT2D eigenvalue weighted by atomic mass is 9.99. The Balaban J connectivity index is 1.47. The fourth-order valence-corrected chi connectivity index (χ4v) is 5.91. The molecule has 1 N–H and O–H groups in total. The van der Waals surface area contributed by atoms with E-state index in [9.17, 15) is 9.90 Å². The zero-order valence-corrected chi connectivity index (χ0v) is 21.7. The Morgan fingerprint density at radius 3 is 2.45 bits per heavy atom. The molecular weight excluding hydrogens is 490 g/mol. The lowest BCUT2D eigenvalue weighted by Gasteiger charge is -2.16. The zero-order chi connectivity index (χ0) is 26.1. The molecule has 0 unspecified atom stereocenters. The van der Waals surface area contributed by atoms with Crippen LogP contribution in [0.1, 0.15) is 28.4 Å². The normalized spacial score (nSPS) is 11.2. The number of rotatable bonds is 7. The summed E-state index contributed by atoms with van der Waals surface area (Å²) in [4.78, 5) is 17.6. The number of pyridine rings is 1. The van der Waals surface area contributed by atoms with Crippen molar-refractivity contribution in [1.82, 2.24) is 4.98 Å². The Kier molecular flexibility index (Phi) is 6.36. The van der Waals surface area contributed by atoms with E-state index in [0.29, 0.717) is 29.0 Å². The van der Waals surface area contributed by atoms with Gasteiger partial charge in [-0.3, -0.25) is 0 Å². The van der Waals surface area contributed by atoms with Gasteiger partial charge in [0.05, 0.1) is 22.2 Å². The molecule has 0 aliphatic heterocycles. The number of hydrogen-bond acceptors (Lipinski definition) is 4. The third kappa shape index (κ3) is 4.31. The molecule has 2 aromatic heterocycles. The Hall–Kier alpha value is -4.48. The van der Waals surface area contributed by atoms with Gasteiger partial charge in [0.25, 0.3) is 0 Å². The second kappa shape index (κ2) is 10.1. The predicted octanol–water partition coefficient (Wildman–Crippen LogP) is 8.62. The number of nitrogens with zero attached hydrogens (tertiary/aromatic N) is 1. The van der Waals surface area contributed by atoms with E-state index in [1.807, 2.05) is 60.7 Å². The number of fused-ring (bicyclic) bond motifs is 2. The van der Waals surface area contributed by atoms with Gasteiger partial charge in [0, 0.05) is 21.0 Å². The molecule has 0 saturated carbocycles. The summed E-state index contributed by atoms with van der Waals surface area (Å²) in [6, 6.07) is 32.0. The van der Waals surface area contributed by atoms with Gasteiger partial charge in [0.1, 0.15) is 12.4 Å². The van der Waals surface area contributed by atoms with Gasteiger partial charge in [-0.1, -0.05) is 85.8 Å². The van der Waals surface area contributed by atoms with E-state index in [-0.39, 0.29) is 5.56 Å². The summed E-state index contributed by atoms with van der Waals surface area (Å²) in [5.41, 5.74) is 6.69. The first-order valence-electron chi connectivity index (χ1n) is 12.6. The van der Waals surface area contributed by atoms with E-state index in [0.717, 1.165) is 44.3 Å². The van der Waals surface area contributed by atoms with Gasteiger partial charge >= 0.3 is 5.97 Å². The Labute approximate surface area is 224 Å². The molecule has 0 atom stereocenters. The van der Waals surface area contributed by atoms with Gasteiger partial charge < -0.3 is 9.84 Å². The fourth-order valence-electron chi connectivity index (χ4n) is 4.95. The molecule has 6 rings (SSSR count). The van der Waals surface area contributed by atoms with Crippen LogP contribution in [0.25, 0.3) is 43.4 Å². The molecule has 6 aromatic rings. The van der Waals surface area contributed by atoms with Crippen LogP contribution in [0.2, 0.25) is 0 Å². The van der Waals surface area contributed by atoms with Crippen LogP contribution in [0.5, 0.6) is 5.75 Å². The number of benzene rings is 4. The number of aryl methyl sites for hydroxylation is 1. The standard InChI is InChI=1S/C33H25NO3S/c1-2-21-16-17-29(37-19-23-12-6-7-13-24(23)22-10-4-3-5-11-22)31-26(33(35)36)18-28(34-32(21)31)27-20-38-30-15-9-8-14-25(27)30/h3-18,20H,2,19H2,1H3,(H,35,36). The average molecular weight is 516 g/mol. The summed E-state index contributed by atoms with van der Waals surface area (Å²) < 4.78 is 7.50. The molecule has 0 aliphatic rings. The van der Waals surface area contributed by atoms with Crippen molar-refractivity contribution in [2.24, 2.45) is 0 Å². The number of carboxylic acid groups (broad SMARTS) is 1. The predicted molar refractivity (Wildman–Crippen MR) is 155 cm³/mol. The number of carbonyl (C=O) groups is 1. The molecule has 0 bridgehead atoms. The van der Waals surface area contributed by atoms with Gasteiger partial charge in [-0.15, -0.1) is 11.3 Å². The van der Waals surface area contributed by atoms with Gasteiger partial charge in [-0.05, 0) is 46.9 Å². The summed E-state index contributed by atoms with van der Waals surface area (Å²) in [5.74, 6) is -0.479. The lowest BCUT2D eigenvalue weighted by molar-refractivity contribution is 0.0698. The smallest absolute Gasteiger partial charge is 0.336 e. The van der Waals surface area contributed by atoms with Crippen LogP contribution in [-0.2, 0) is 13.0 Å². The highest BCUT2D eigenvalue weighted by atomic mass is 32.1. The number of ether oxygens (including phenoxy) is 1. The number of carboxylic acids is 1. The van der Waals surface area contributed by atoms with Crippen LogP contribution in [0, 0.1) is 0 Å². The highest BCUT2D eigenvalue weighted by molar-refractivity contribution is 7.17. The molecule has 38 heavy (non-hydrogen) atoms. The molecule has 0 aliphatic carbocycles. The second-order valence-electron chi connectivity index (χ2n) is 9.12. The van der Waals surface area contributed by atoms with Crippen LogP contribution in [0.15, 0.2) is 102 Å². The summed E-state index contributed by atoms with van der Waals surface area (Å²) in [6.45, 7) is 2.36. The maximum absolute atomic E-state index is 12.6. The van der Waals surface area contributed by atoms with E-state index in [1.54, 1.807) is 17.4 Å². The summed E-state index contributed by atoms with van der Waals surface area (Å²) in [7, 11) is 0. The molecule has 186 valence electrons. The van der Waals surface area contributed by atoms with Crippen molar-refractivity contribution in [3.8, 4) is 28.1 Å². The molecule has 4 aromatic carbocycles. The third-order valence-electron chi connectivity index (χ3n) is 6.86. The van der Waals surface area contributed by atoms with E-state index in [4.69, 9.17) is 9.72 Å². The maximum Gasteiger partial charge on any atom is 0.336 e. The van der Waals surface area contributed by atoms with E-state index < -0.39 is 5.97 Å². The monoisotopic (exact) mass is 515 g/mol. The Morgan fingerprint density at radius 2 is 1.63 bits per heavy atom. The number of hydrogen-bond donors (Lipinski definition) is 1. The van der Waals surface area contributed by atoms with Crippen molar-refractivity contribution in [3.63, 3.8) is 0 Å². The summed E-state index contributed by atoms with van der Waals surface area (Å²) in [5, 5.41) is 14.0. The molecule has 5 heteroatoms. The van der Waals surface area contributed by atoms with Crippen LogP contribution in [0.3, 0.4) is 0 Å². The van der Waals surface area contributed by atoms with E-state index in [2.05, 4.69) is 42.6 Å². The fraction of sp³-hybridized carbons (Fsp3) is 0.0909. The lowest BCUT2D eigenvalue weighted by Crippen LogP contribution is -2.05. The quantitative estimate of drug-likeness (QED) is 0.231. The van der Waals surface area contributed by atoms with Crippen molar-refractivity contribution in [3.05, 3.63) is 119 Å². The molecule has 0 radical (unpaired) electrons. The van der Waals surface area contributed by atoms with Gasteiger partial charge in [0.15, 0.2) is 0 Å². The molecule has 0 fully saturated rings. The molecular formula is C33H25NO3S. The zero-order valence-electron chi connectivity index (χ0n) is 20.8. The number of thiophene rings is 1. The topological polar surface area (TPSA) is 59.4 Å². The largest absolute Gasteiger partial charge is 0.488 e. The van der Waals surface area contributed by atoms with Crippen LogP contribution >= 0.6 is 11.3 Å². The molecule has 2 heterocycles. The van der Waals surface area contributed by atoms with Crippen molar-refractivity contribution in [1.29, 1.82) is 0 Å². The van der Waals surface area contributed by atoms with Gasteiger partial charge in [-0.25, -0.2) is 9.78 Å². The maximum atomic E-state index is 12.6. The Morgan fingerprint density at radius 1 is 0.868 bits per heavy atom. The van der Waals surface area contributed by atoms with Crippen molar-refractivity contribution in [2.75, 3.05) is 0 Å². The third-order valence-corrected chi connectivity index (χ3v) is 7.82. The first kappa shape index (κ1) is 23.9. The first-order valence-corrected chi connectivity index (χ1v) is 13.4. The Bertz CT molecular complexity index is 1790. The first-order chi connectivity index (χ1) is 18.6. The molecule has 4 nitrogen and oxygen atoms in total. The SMILES string of the molecule is CCc1ccc(OCc2ccccc2-c2ccccc2)c2c(C(=O)O)cc(-c3csc4ccccc34)nc12. The van der Waals surface area contributed by atoms with Crippen LogP contribution in [0.4, 0.5) is 0 Å². The summed E-state index contributed by atoms with van der Waals surface area (Å²) >= 11 is 1.63. The molecule has 0 spiro atoms. The highest BCUT2D eigenvalue weighted by Crippen LogP contribution is 2.38. The average Bonchev–Trinajstić information content (AvgIpc) is 3.40. The van der Waals surface area contributed by atoms with Crippen molar-refractivity contribution in [2.45, 2.75) is 20.0 Å². The number of aromatic nitrogens is 1. The molecule has 0 amide bonds. The minimum absolute atomic E-state index is 0.196. The van der Waals surface area contributed by atoms with Gasteiger partial charge in [0.2, 0.25) is 0 Å². The second-order valence-corrected chi connectivity index (χ2v) is 10.0. The van der Waals surface area contributed by atoms with Crippen molar-refractivity contribution >= 4 is 38.3 Å². The van der Waals surface area contributed by atoms with Crippen LogP contribution < -0.4 is 4.74 Å². The minimum Gasteiger partial charge on any atom is -0.488 e. The van der Waals surface area contributed by atoms with Crippen LogP contribution in [-0.4, -0.2) is 16.1 Å². The van der Waals surface area contributed by atoms with Crippen molar-refractivity contribution < 1.29 is 14.6 Å². The molecule has 0 saturated heterocycles.